The van der Waals surface area contributed by atoms with Crippen LogP contribution in [0, 0.1) is 0 Å². The van der Waals surface area contributed by atoms with Gasteiger partial charge in [-0.05, 0) is 56.0 Å². The standard InChI is InChI=1S/C26H36N4O4S/c1-4-8-20(2)29-17-15-24(16-18-29)30(19-22-9-6-5-7-10-22)26(32)27-23-11-13-25(14-12-23)35(33,34)28-21(3)31/h5-7,9-14,20,24H,4,8,15-19H2,1-3H3,(H,27,32)(H,28,31). The molecule has 2 aromatic carbocycles. The van der Waals surface area contributed by atoms with E-state index < -0.39 is 15.9 Å². The lowest BCUT2D eigenvalue weighted by Gasteiger charge is -2.40. The number of urea groups is 1. The van der Waals surface area contributed by atoms with Crippen LogP contribution in [-0.4, -0.2) is 55.3 Å². The average Bonchev–Trinajstić information content (AvgIpc) is 2.83. The van der Waals surface area contributed by atoms with Gasteiger partial charge in [-0.2, -0.15) is 0 Å². The number of rotatable bonds is 9. The Hall–Kier alpha value is -2.91. The van der Waals surface area contributed by atoms with Gasteiger partial charge < -0.3 is 15.1 Å². The molecule has 3 amide bonds. The fourth-order valence-corrected chi connectivity index (χ4v) is 5.54. The highest BCUT2D eigenvalue weighted by atomic mass is 32.2. The molecule has 0 aliphatic carbocycles. The van der Waals surface area contributed by atoms with E-state index >= 15 is 0 Å². The Morgan fingerprint density at radius 1 is 1.06 bits per heavy atom. The third-order valence-electron chi connectivity index (χ3n) is 6.42. The molecule has 0 saturated carbocycles. The van der Waals surface area contributed by atoms with E-state index in [1.165, 1.54) is 30.7 Å². The highest BCUT2D eigenvalue weighted by molar-refractivity contribution is 7.90. The monoisotopic (exact) mass is 500 g/mol. The zero-order chi connectivity index (χ0) is 25.4. The predicted octanol–water partition coefficient (Wildman–Crippen LogP) is 4.20. The molecule has 1 aliphatic heterocycles. The van der Waals surface area contributed by atoms with E-state index in [4.69, 9.17) is 0 Å². The molecule has 1 fully saturated rings. The zero-order valence-electron chi connectivity index (χ0n) is 20.7. The summed E-state index contributed by atoms with van der Waals surface area (Å²) in [6.45, 7) is 8.03. The quantitative estimate of drug-likeness (QED) is 0.538. The van der Waals surface area contributed by atoms with E-state index in [-0.39, 0.29) is 17.0 Å². The van der Waals surface area contributed by atoms with Gasteiger partial charge in [0.2, 0.25) is 5.91 Å². The van der Waals surface area contributed by atoms with Crippen molar-refractivity contribution in [1.82, 2.24) is 14.5 Å². The molecule has 3 rings (SSSR count). The number of carbonyl (C=O) groups excluding carboxylic acids is 2. The summed E-state index contributed by atoms with van der Waals surface area (Å²) in [5, 5.41) is 2.92. The lowest BCUT2D eigenvalue weighted by molar-refractivity contribution is -0.117. The Balaban J connectivity index is 1.72. The fourth-order valence-electron chi connectivity index (χ4n) is 4.55. The minimum absolute atomic E-state index is 0.0413. The lowest BCUT2D eigenvalue weighted by atomic mass is 10.00. The number of hydrogen-bond donors (Lipinski definition) is 2. The van der Waals surface area contributed by atoms with Crippen molar-refractivity contribution in [3.63, 3.8) is 0 Å². The second kappa shape index (κ2) is 12.2. The van der Waals surface area contributed by atoms with Crippen LogP contribution < -0.4 is 10.0 Å². The molecule has 0 spiro atoms. The predicted molar refractivity (Wildman–Crippen MR) is 137 cm³/mol. The maximum atomic E-state index is 13.4. The maximum absolute atomic E-state index is 13.4. The van der Waals surface area contributed by atoms with Crippen molar-refractivity contribution in [1.29, 1.82) is 0 Å². The van der Waals surface area contributed by atoms with Crippen molar-refractivity contribution in [3.8, 4) is 0 Å². The first kappa shape index (κ1) is 26.7. The van der Waals surface area contributed by atoms with Gasteiger partial charge in [-0.15, -0.1) is 0 Å². The number of likely N-dealkylation sites (tertiary alicyclic amines) is 1. The normalized spacial score (nSPS) is 15.9. The smallest absolute Gasteiger partial charge is 0.317 e. The second-order valence-corrected chi connectivity index (χ2v) is 10.8. The Kier molecular flexibility index (Phi) is 9.28. The topological polar surface area (TPSA) is 98.8 Å². The van der Waals surface area contributed by atoms with E-state index in [1.807, 2.05) is 40.0 Å². The maximum Gasteiger partial charge on any atom is 0.322 e. The van der Waals surface area contributed by atoms with Crippen molar-refractivity contribution >= 4 is 27.6 Å². The highest BCUT2D eigenvalue weighted by Gasteiger charge is 2.29. The summed E-state index contributed by atoms with van der Waals surface area (Å²) in [4.78, 5) is 28.9. The molecule has 0 bridgehead atoms. The van der Waals surface area contributed by atoms with Crippen LogP contribution in [0.1, 0.15) is 52.0 Å². The van der Waals surface area contributed by atoms with Crippen LogP contribution in [0.5, 0.6) is 0 Å². The number of sulfonamides is 1. The second-order valence-electron chi connectivity index (χ2n) is 9.13. The van der Waals surface area contributed by atoms with Crippen molar-refractivity contribution in [2.45, 2.75) is 70.0 Å². The van der Waals surface area contributed by atoms with Crippen LogP contribution in [0.25, 0.3) is 0 Å². The van der Waals surface area contributed by atoms with Gasteiger partial charge in [0.1, 0.15) is 0 Å². The fraction of sp³-hybridized carbons (Fsp3) is 0.462. The molecule has 1 heterocycles. The van der Waals surface area contributed by atoms with Crippen molar-refractivity contribution in [2.24, 2.45) is 0 Å². The molecule has 1 atom stereocenters. The molecule has 0 radical (unpaired) electrons. The van der Waals surface area contributed by atoms with Crippen LogP contribution in [0.4, 0.5) is 10.5 Å². The van der Waals surface area contributed by atoms with E-state index in [0.717, 1.165) is 44.8 Å². The number of benzene rings is 2. The van der Waals surface area contributed by atoms with Crippen LogP contribution in [0.3, 0.4) is 0 Å². The van der Waals surface area contributed by atoms with E-state index in [1.54, 1.807) is 0 Å². The van der Waals surface area contributed by atoms with Gasteiger partial charge in [-0.3, -0.25) is 4.79 Å². The average molecular weight is 501 g/mol. The molecule has 0 aromatic heterocycles. The Morgan fingerprint density at radius 2 is 1.69 bits per heavy atom. The molecule has 1 saturated heterocycles. The lowest BCUT2D eigenvalue weighted by Crippen LogP contribution is -2.50. The van der Waals surface area contributed by atoms with Crippen LogP contribution in [-0.2, 0) is 21.4 Å². The van der Waals surface area contributed by atoms with Gasteiger partial charge in [0, 0.05) is 44.3 Å². The van der Waals surface area contributed by atoms with Gasteiger partial charge in [0.05, 0.1) is 4.90 Å². The van der Waals surface area contributed by atoms with Gasteiger partial charge in [0.25, 0.3) is 10.0 Å². The van der Waals surface area contributed by atoms with E-state index in [2.05, 4.69) is 24.1 Å². The molecule has 8 nitrogen and oxygen atoms in total. The first-order chi connectivity index (χ1) is 16.7. The first-order valence-corrected chi connectivity index (χ1v) is 13.7. The van der Waals surface area contributed by atoms with Gasteiger partial charge in [0.15, 0.2) is 0 Å². The summed E-state index contributed by atoms with van der Waals surface area (Å²) >= 11 is 0. The van der Waals surface area contributed by atoms with Crippen LogP contribution >= 0.6 is 0 Å². The molecule has 2 N–H and O–H groups in total. The molecule has 2 aromatic rings. The van der Waals surface area contributed by atoms with Crippen LogP contribution in [0.15, 0.2) is 59.5 Å². The van der Waals surface area contributed by atoms with Gasteiger partial charge in [-0.25, -0.2) is 17.9 Å². The molecule has 190 valence electrons. The summed E-state index contributed by atoms with van der Waals surface area (Å²) in [5.41, 5.74) is 1.55. The number of piperidine rings is 1. The summed E-state index contributed by atoms with van der Waals surface area (Å²) in [7, 11) is -3.92. The zero-order valence-corrected chi connectivity index (χ0v) is 21.6. The largest absolute Gasteiger partial charge is 0.322 e. The highest BCUT2D eigenvalue weighted by Crippen LogP contribution is 2.23. The SMILES string of the molecule is CCCC(C)N1CCC(N(Cc2ccccc2)C(=O)Nc2ccc(S(=O)(=O)NC(C)=O)cc2)CC1. The molecule has 35 heavy (non-hydrogen) atoms. The van der Waals surface area contributed by atoms with Crippen molar-refractivity contribution in [2.75, 3.05) is 18.4 Å². The van der Waals surface area contributed by atoms with Gasteiger partial charge in [-0.1, -0.05) is 43.7 Å². The summed E-state index contributed by atoms with van der Waals surface area (Å²) in [5.74, 6) is -0.658. The molecule has 1 unspecified atom stereocenters. The minimum Gasteiger partial charge on any atom is -0.317 e. The number of anilines is 1. The Bertz CT molecular complexity index is 1080. The van der Waals surface area contributed by atoms with E-state index in [0.29, 0.717) is 18.3 Å². The third kappa shape index (κ3) is 7.53. The van der Waals surface area contributed by atoms with E-state index in [9.17, 15) is 18.0 Å². The number of carbonyl (C=O) groups is 2. The summed E-state index contributed by atoms with van der Waals surface area (Å²) < 4.78 is 26.3. The Morgan fingerprint density at radius 3 is 2.26 bits per heavy atom. The van der Waals surface area contributed by atoms with Gasteiger partial charge >= 0.3 is 6.03 Å². The van der Waals surface area contributed by atoms with Crippen molar-refractivity contribution < 1.29 is 18.0 Å². The molecular weight excluding hydrogens is 464 g/mol. The molecule has 1 aliphatic rings. The number of amides is 3. The minimum atomic E-state index is -3.92. The summed E-state index contributed by atoms with van der Waals surface area (Å²) in [6, 6.07) is 16.2. The third-order valence-corrected chi connectivity index (χ3v) is 7.87. The first-order valence-electron chi connectivity index (χ1n) is 12.2. The Labute approximate surface area is 208 Å². The number of hydrogen-bond acceptors (Lipinski definition) is 5. The molecule has 9 heteroatoms. The van der Waals surface area contributed by atoms with Crippen molar-refractivity contribution in [3.05, 3.63) is 60.2 Å². The van der Waals surface area contributed by atoms with Crippen LogP contribution in [0.2, 0.25) is 0 Å². The number of nitrogens with zero attached hydrogens (tertiary/aromatic N) is 2. The molecular formula is C26H36N4O4S. The summed E-state index contributed by atoms with van der Waals surface area (Å²) in [6.07, 6.45) is 4.14. The number of nitrogens with one attached hydrogen (secondary N) is 2.